The molecular formula is C9H17N3O2. The van der Waals surface area contributed by atoms with E-state index in [1.54, 1.807) is 0 Å². The number of fused-ring (bicyclic) bond motifs is 2. The van der Waals surface area contributed by atoms with Crippen molar-refractivity contribution in [1.29, 1.82) is 0 Å². The maximum atomic E-state index is 11.3. The predicted octanol–water partition coefficient (Wildman–Crippen LogP) is -0.663. The first kappa shape index (κ1) is 9.89. The summed E-state index contributed by atoms with van der Waals surface area (Å²) in [5, 5.41) is 6.41. The second-order valence-electron chi connectivity index (χ2n) is 4.33. The zero-order chi connectivity index (χ0) is 10.3. The van der Waals surface area contributed by atoms with Gasteiger partial charge >= 0.3 is 0 Å². The van der Waals surface area contributed by atoms with Crippen LogP contribution in [0.2, 0.25) is 0 Å². The van der Waals surface area contributed by atoms with Crippen molar-refractivity contribution < 1.29 is 9.53 Å². The fraction of sp³-hybridized carbons (Fsp3) is 0.889. The maximum absolute atomic E-state index is 11.3. The lowest BCUT2D eigenvalue weighted by Gasteiger charge is -2.57. The highest BCUT2D eigenvalue weighted by Crippen LogP contribution is 2.35. The van der Waals surface area contributed by atoms with Gasteiger partial charge in [0.1, 0.15) is 6.23 Å². The number of nitrogens with one attached hydrogen (secondary N) is 2. The number of carbonyl (C=O) groups excluding carboxylic acids is 1. The molecule has 0 aliphatic carbocycles. The van der Waals surface area contributed by atoms with E-state index in [-0.39, 0.29) is 24.0 Å². The number of rotatable bonds is 3. The Bertz CT molecular complexity index is 243. The third-order valence-electron chi connectivity index (χ3n) is 2.91. The molecule has 3 atom stereocenters. The van der Waals surface area contributed by atoms with Gasteiger partial charge in [0.15, 0.2) is 5.85 Å². The van der Waals surface area contributed by atoms with Crippen LogP contribution in [0.15, 0.2) is 0 Å². The molecule has 3 aliphatic heterocycles. The molecule has 3 unspecified atom stereocenters. The molecule has 0 aromatic carbocycles. The Kier molecular flexibility index (Phi) is 2.25. The topological polar surface area (TPSA) is 76.4 Å². The summed E-state index contributed by atoms with van der Waals surface area (Å²) in [5.41, 5.74) is 5.38. The highest BCUT2D eigenvalue weighted by molar-refractivity contribution is 5.78. The Labute approximate surface area is 83.4 Å². The van der Waals surface area contributed by atoms with E-state index < -0.39 is 5.85 Å². The van der Waals surface area contributed by atoms with E-state index in [0.717, 1.165) is 13.0 Å². The van der Waals surface area contributed by atoms with Crippen LogP contribution in [-0.2, 0) is 9.53 Å². The van der Waals surface area contributed by atoms with Crippen molar-refractivity contribution in [2.75, 3.05) is 6.54 Å². The van der Waals surface area contributed by atoms with Crippen molar-refractivity contribution in [2.24, 2.45) is 17.6 Å². The van der Waals surface area contributed by atoms with Gasteiger partial charge in [-0.2, -0.15) is 0 Å². The van der Waals surface area contributed by atoms with Crippen molar-refractivity contribution in [3.8, 4) is 0 Å². The van der Waals surface area contributed by atoms with Crippen LogP contribution in [0.4, 0.5) is 0 Å². The van der Waals surface area contributed by atoms with Gasteiger partial charge in [0.25, 0.3) is 0 Å². The summed E-state index contributed by atoms with van der Waals surface area (Å²) in [6.07, 6.45) is 1.03. The number of hydrogen-bond acceptors (Lipinski definition) is 4. The van der Waals surface area contributed by atoms with Crippen LogP contribution in [-0.4, -0.2) is 24.5 Å². The number of ether oxygens (including phenoxy) is 1. The highest BCUT2D eigenvalue weighted by Gasteiger charge is 2.56. The van der Waals surface area contributed by atoms with Crippen molar-refractivity contribution in [3.05, 3.63) is 0 Å². The minimum Gasteiger partial charge on any atom is -0.369 e. The molecule has 0 saturated carbocycles. The van der Waals surface area contributed by atoms with Crippen molar-refractivity contribution in [2.45, 2.75) is 32.3 Å². The first-order valence-corrected chi connectivity index (χ1v) is 5.05. The normalized spacial score (nSPS) is 37.8. The summed E-state index contributed by atoms with van der Waals surface area (Å²) in [5.74, 6) is -1.17. The standard InChI is InChI=1S/C9H17N3O2/c1-5(2)7(8(10)13)9-11-4-3-6(12-9)14-9/h5-7,11-12H,3-4H2,1-2H3,(H2,10,13). The lowest BCUT2D eigenvalue weighted by molar-refractivity contribution is -0.306. The summed E-state index contributed by atoms with van der Waals surface area (Å²) in [6.45, 7) is 4.81. The van der Waals surface area contributed by atoms with Crippen LogP contribution in [0.5, 0.6) is 0 Å². The predicted molar refractivity (Wildman–Crippen MR) is 50.9 cm³/mol. The average molecular weight is 199 g/mol. The number of nitrogens with two attached hydrogens (primary N) is 1. The van der Waals surface area contributed by atoms with E-state index in [9.17, 15) is 4.79 Å². The monoisotopic (exact) mass is 199 g/mol. The van der Waals surface area contributed by atoms with E-state index in [4.69, 9.17) is 10.5 Å². The largest absolute Gasteiger partial charge is 0.369 e. The fourth-order valence-corrected chi connectivity index (χ4v) is 2.35. The molecule has 2 bridgehead atoms. The van der Waals surface area contributed by atoms with Gasteiger partial charge < -0.3 is 10.5 Å². The van der Waals surface area contributed by atoms with Crippen LogP contribution < -0.4 is 16.4 Å². The van der Waals surface area contributed by atoms with Crippen LogP contribution >= 0.6 is 0 Å². The van der Waals surface area contributed by atoms with Gasteiger partial charge in [0.2, 0.25) is 5.91 Å². The molecule has 1 amide bonds. The minimum absolute atomic E-state index is 0.0943. The molecule has 3 aliphatic rings. The molecule has 80 valence electrons. The molecule has 4 N–H and O–H groups in total. The number of amides is 1. The molecule has 3 heterocycles. The second-order valence-corrected chi connectivity index (χ2v) is 4.33. The van der Waals surface area contributed by atoms with E-state index >= 15 is 0 Å². The Balaban J connectivity index is 2.14. The van der Waals surface area contributed by atoms with Gasteiger partial charge in [0.05, 0.1) is 5.92 Å². The molecule has 0 aromatic heterocycles. The van der Waals surface area contributed by atoms with E-state index in [2.05, 4.69) is 10.6 Å². The first-order valence-electron chi connectivity index (χ1n) is 5.05. The molecule has 3 saturated heterocycles. The molecule has 3 fully saturated rings. The number of hydrogen-bond donors (Lipinski definition) is 3. The lowest BCUT2D eigenvalue weighted by Crippen LogP contribution is -2.82. The third kappa shape index (κ3) is 1.32. The Morgan fingerprint density at radius 2 is 2.29 bits per heavy atom. The molecular weight excluding hydrogens is 182 g/mol. The summed E-state index contributed by atoms with van der Waals surface area (Å²) < 4.78 is 5.62. The molecule has 0 radical (unpaired) electrons. The molecule has 5 heteroatoms. The van der Waals surface area contributed by atoms with Crippen LogP contribution in [0.1, 0.15) is 20.3 Å². The number of primary amides is 1. The smallest absolute Gasteiger partial charge is 0.226 e. The Morgan fingerprint density at radius 1 is 1.64 bits per heavy atom. The summed E-state index contributed by atoms with van der Waals surface area (Å²) in [4.78, 5) is 11.3. The van der Waals surface area contributed by atoms with Crippen molar-refractivity contribution >= 4 is 5.91 Å². The third-order valence-corrected chi connectivity index (χ3v) is 2.91. The van der Waals surface area contributed by atoms with E-state index in [0.29, 0.717) is 0 Å². The van der Waals surface area contributed by atoms with E-state index in [1.807, 2.05) is 13.8 Å². The second kappa shape index (κ2) is 3.18. The van der Waals surface area contributed by atoms with E-state index in [1.165, 1.54) is 0 Å². The van der Waals surface area contributed by atoms with Gasteiger partial charge in [-0.25, -0.2) is 0 Å². The zero-order valence-corrected chi connectivity index (χ0v) is 8.54. The molecule has 0 aromatic rings. The first-order chi connectivity index (χ1) is 6.55. The molecule has 14 heavy (non-hydrogen) atoms. The zero-order valence-electron chi connectivity index (χ0n) is 8.54. The van der Waals surface area contributed by atoms with Crippen LogP contribution in [0.25, 0.3) is 0 Å². The summed E-state index contributed by atoms with van der Waals surface area (Å²) >= 11 is 0. The summed E-state index contributed by atoms with van der Waals surface area (Å²) in [7, 11) is 0. The minimum atomic E-state index is -0.692. The van der Waals surface area contributed by atoms with Gasteiger partial charge in [-0.3, -0.25) is 15.4 Å². The van der Waals surface area contributed by atoms with Crippen LogP contribution in [0, 0.1) is 11.8 Å². The molecule has 3 rings (SSSR count). The average Bonchev–Trinajstić information content (AvgIpc) is 2.01. The molecule has 5 nitrogen and oxygen atoms in total. The quantitative estimate of drug-likeness (QED) is 0.564. The van der Waals surface area contributed by atoms with Gasteiger partial charge in [0, 0.05) is 6.54 Å². The maximum Gasteiger partial charge on any atom is 0.226 e. The van der Waals surface area contributed by atoms with Crippen molar-refractivity contribution in [1.82, 2.24) is 10.6 Å². The van der Waals surface area contributed by atoms with Crippen LogP contribution in [0.3, 0.4) is 0 Å². The fourth-order valence-electron chi connectivity index (χ4n) is 2.35. The Hall–Kier alpha value is -0.650. The van der Waals surface area contributed by atoms with Gasteiger partial charge in [-0.15, -0.1) is 0 Å². The lowest BCUT2D eigenvalue weighted by atomic mass is 9.86. The SMILES string of the molecule is CC(C)C(C(N)=O)C12NCCC(N1)O2. The highest BCUT2D eigenvalue weighted by atomic mass is 16.6. The summed E-state index contributed by atoms with van der Waals surface area (Å²) in [6, 6.07) is 0. The van der Waals surface area contributed by atoms with Gasteiger partial charge in [-0.05, 0) is 12.3 Å². The molecule has 0 spiro atoms. The van der Waals surface area contributed by atoms with Gasteiger partial charge in [-0.1, -0.05) is 13.8 Å². The van der Waals surface area contributed by atoms with Crippen molar-refractivity contribution in [3.63, 3.8) is 0 Å². The Morgan fingerprint density at radius 3 is 2.64 bits per heavy atom. The number of carbonyl (C=O) groups is 1.